The van der Waals surface area contributed by atoms with Crippen LogP contribution >= 0.6 is 11.8 Å². The molecule has 0 N–H and O–H groups in total. The number of hydrogen-bond donors (Lipinski definition) is 0. The van der Waals surface area contributed by atoms with Gasteiger partial charge < -0.3 is 4.52 Å². The molecule has 0 aliphatic heterocycles. The van der Waals surface area contributed by atoms with Crippen molar-refractivity contribution in [1.29, 1.82) is 5.26 Å². The Hall–Kier alpha value is -1.80. The van der Waals surface area contributed by atoms with Crippen molar-refractivity contribution in [2.24, 2.45) is 0 Å². The Kier molecular flexibility index (Phi) is 4.37. The number of nitrogens with zero attached hydrogens (tertiary/aromatic N) is 3. The van der Waals surface area contributed by atoms with Crippen LogP contribution < -0.4 is 0 Å². The summed E-state index contributed by atoms with van der Waals surface area (Å²) in [5.74, 6) is 2.31. The van der Waals surface area contributed by atoms with Gasteiger partial charge in [-0.05, 0) is 18.1 Å². The molecule has 1 aromatic carbocycles. The zero-order valence-electron chi connectivity index (χ0n) is 10.1. The number of thioether (sulfide) groups is 1. The van der Waals surface area contributed by atoms with E-state index in [0.717, 1.165) is 0 Å². The van der Waals surface area contributed by atoms with Crippen molar-refractivity contribution in [3.63, 3.8) is 0 Å². The fraction of sp³-hybridized carbons (Fsp3) is 0.308. The van der Waals surface area contributed by atoms with Crippen LogP contribution in [-0.2, 0) is 12.2 Å². The lowest BCUT2D eigenvalue weighted by atomic mass is 10.1. The van der Waals surface area contributed by atoms with Crippen LogP contribution in [0, 0.1) is 18.3 Å². The molecule has 2 aromatic rings. The monoisotopic (exact) mass is 259 g/mol. The van der Waals surface area contributed by atoms with E-state index in [1.165, 1.54) is 22.9 Å². The van der Waals surface area contributed by atoms with Crippen LogP contribution in [0.3, 0.4) is 0 Å². The Morgan fingerprint density at radius 2 is 2.22 bits per heavy atom. The lowest BCUT2D eigenvalue weighted by Gasteiger charge is -2.00. The summed E-state index contributed by atoms with van der Waals surface area (Å²) in [5, 5.41) is 12.4. The summed E-state index contributed by atoms with van der Waals surface area (Å²) in [6.07, 6.45) is 0.680. The van der Waals surface area contributed by atoms with E-state index >= 15 is 0 Å². The van der Waals surface area contributed by atoms with Crippen LogP contribution in [0.4, 0.5) is 0 Å². The number of rotatable bonds is 5. The van der Waals surface area contributed by atoms with Crippen molar-refractivity contribution in [2.75, 3.05) is 5.75 Å². The second-order valence-corrected chi connectivity index (χ2v) is 4.84. The number of benzene rings is 1. The maximum Gasteiger partial charge on any atom is 0.236 e. The number of nitriles is 1. The smallest absolute Gasteiger partial charge is 0.236 e. The van der Waals surface area contributed by atoms with Crippen molar-refractivity contribution in [3.05, 3.63) is 47.1 Å². The fourth-order valence-corrected chi connectivity index (χ4v) is 2.07. The highest BCUT2D eigenvalue weighted by atomic mass is 32.2. The van der Waals surface area contributed by atoms with Gasteiger partial charge in [0.25, 0.3) is 0 Å². The predicted molar refractivity (Wildman–Crippen MR) is 70.1 cm³/mol. The Bertz CT molecular complexity index is 559. The third-order valence-electron chi connectivity index (χ3n) is 2.51. The minimum atomic E-state index is 0.440. The quantitative estimate of drug-likeness (QED) is 0.772. The van der Waals surface area contributed by atoms with Gasteiger partial charge in [-0.15, -0.1) is 11.8 Å². The average Bonchev–Trinajstić information content (AvgIpc) is 2.80. The fourth-order valence-electron chi connectivity index (χ4n) is 1.58. The molecule has 1 aromatic heterocycles. The van der Waals surface area contributed by atoms with Crippen LogP contribution in [-0.4, -0.2) is 15.9 Å². The van der Waals surface area contributed by atoms with E-state index in [2.05, 4.69) is 35.3 Å². The first-order valence-corrected chi connectivity index (χ1v) is 6.75. The molecular weight excluding hydrogens is 246 g/mol. The number of aryl methyl sites for hydroxylation is 1. The van der Waals surface area contributed by atoms with Crippen LogP contribution in [0.1, 0.15) is 22.8 Å². The molecule has 0 unspecified atom stereocenters. The summed E-state index contributed by atoms with van der Waals surface area (Å²) >= 11 is 1.47. The summed E-state index contributed by atoms with van der Waals surface area (Å²) < 4.78 is 5.13. The standard InChI is InChI=1S/C13H13N3OS/c1-10-4-2-3-5-11(10)8-12-15-13(17-16-12)9-18-7-6-14/h2-5H,7-9H2,1H3. The normalized spacial score (nSPS) is 10.2. The zero-order valence-corrected chi connectivity index (χ0v) is 10.9. The van der Waals surface area contributed by atoms with Crippen LogP contribution in [0.25, 0.3) is 0 Å². The van der Waals surface area contributed by atoms with Crippen molar-refractivity contribution in [1.82, 2.24) is 10.1 Å². The van der Waals surface area contributed by atoms with Gasteiger partial charge in [0.15, 0.2) is 5.82 Å². The van der Waals surface area contributed by atoms with Gasteiger partial charge in [-0.3, -0.25) is 0 Å². The number of hydrogen-bond acceptors (Lipinski definition) is 5. The van der Waals surface area contributed by atoms with Gasteiger partial charge in [0.05, 0.1) is 17.6 Å². The highest BCUT2D eigenvalue weighted by Gasteiger charge is 2.08. The van der Waals surface area contributed by atoms with E-state index in [9.17, 15) is 0 Å². The maximum atomic E-state index is 8.44. The molecule has 1 heterocycles. The molecular formula is C13H13N3OS. The Labute approximate surface area is 110 Å². The van der Waals surface area contributed by atoms with Gasteiger partial charge >= 0.3 is 0 Å². The molecule has 18 heavy (non-hydrogen) atoms. The second-order valence-electron chi connectivity index (χ2n) is 3.86. The summed E-state index contributed by atoms with van der Waals surface area (Å²) in [4.78, 5) is 4.31. The second kappa shape index (κ2) is 6.22. The minimum Gasteiger partial charge on any atom is -0.338 e. The average molecular weight is 259 g/mol. The summed E-state index contributed by atoms with van der Waals surface area (Å²) in [7, 11) is 0. The molecule has 0 spiro atoms. The molecule has 4 nitrogen and oxygen atoms in total. The highest BCUT2D eigenvalue weighted by Crippen LogP contribution is 2.14. The maximum absolute atomic E-state index is 8.44. The molecule has 0 radical (unpaired) electrons. The summed E-state index contributed by atoms with van der Waals surface area (Å²) in [6.45, 7) is 2.07. The van der Waals surface area contributed by atoms with Crippen molar-refractivity contribution < 1.29 is 4.52 Å². The summed E-state index contributed by atoms with van der Waals surface area (Å²) in [6, 6.07) is 10.2. The van der Waals surface area contributed by atoms with Crippen LogP contribution in [0.2, 0.25) is 0 Å². The molecule has 2 rings (SSSR count). The van der Waals surface area contributed by atoms with E-state index in [1.807, 2.05) is 12.1 Å². The van der Waals surface area contributed by atoms with E-state index in [1.54, 1.807) is 0 Å². The van der Waals surface area contributed by atoms with Gasteiger partial charge in [-0.25, -0.2) is 0 Å². The van der Waals surface area contributed by atoms with E-state index in [0.29, 0.717) is 29.6 Å². The topological polar surface area (TPSA) is 62.7 Å². The minimum absolute atomic E-state index is 0.440. The molecule has 5 heteroatoms. The summed E-state index contributed by atoms with van der Waals surface area (Å²) in [5.41, 5.74) is 2.43. The number of aromatic nitrogens is 2. The molecule has 92 valence electrons. The van der Waals surface area contributed by atoms with Gasteiger partial charge in [0.2, 0.25) is 5.89 Å². The Balaban J connectivity index is 1.99. The Morgan fingerprint density at radius 3 is 3.00 bits per heavy atom. The van der Waals surface area contributed by atoms with E-state index in [-0.39, 0.29) is 0 Å². The van der Waals surface area contributed by atoms with Crippen molar-refractivity contribution in [2.45, 2.75) is 19.1 Å². The third kappa shape index (κ3) is 3.34. The molecule has 0 aliphatic carbocycles. The largest absolute Gasteiger partial charge is 0.338 e. The van der Waals surface area contributed by atoms with Gasteiger partial charge in [0.1, 0.15) is 0 Å². The van der Waals surface area contributed by atoms with Crippen molar-refractivity contribution in [3.8, 4) is 6.07 Å². The Morgan fingerprint density at radius 1 is 1.39 bits per heavy atom. The first-order valence-electron chi connectivity index (χ1n) is 5.60. The zero-order chi connectivity index (χ0) is 12.8. The van der Waals surface area contributed by atoms with Crippen LogP contribution in [0.15, 0.2) is 28.8 Å². The molecule has 0 saturated heterocycles. The highest BCUT2D eigenvalue weighted by molar-refractivity contribution is 7.98. The molecule has 0 amide bonds. The first kappa shape index (κ1) is 12.7. The third-order valence-corrected chi connectivity index (χ3v) is 3.30. The van der Waals surface area contributed by atoms with Crippen LogP contribution in [0.5, 0.6) is 0 Å². The van der Waals surface area contributed by atoms with Gasteiger partial charge in [-0.1, -0.05) is 29.4 Å². The first-order chi connectivity index (χ1) is 8.79. The molecule has 0 saturated carbocycles. The molecule has 0 aliphatic rings. The van der Waals surface area contributed by atoms with Crippen molar-refractivity contribution >= 4 is 11.8 Å². The lowest BCUT2D eigenvalue weighted by Crippen LogP contribution is -1.93. The van der Waals surface area contributed by atoms with E-state index < -0.39 is 0 Å². The molecule has 0 atom stereocenters. The van der Waals surface area contributed by atoms with Gasteiger partial charge in [-0.2, -0.15) is 10.2 Å². The molecule has 0 bridgehead atoms. The van der Waals surface area contributed by atoms with E-state index in [4.69, 9.17) is 9.78 Å². The SMILES string of the molecule is Cc1ccccc1Cc1noc(CSCC#N)n1. The molecule has 0 fully saturated rings. The predicted octanol–water partition coefficient (Wildman–Crippen LogP) is 2.73. The van der Waals surface area contributed by atoms with Gasteiger partial charge in [0, 0.05) is 6.42 Å². The lowest BCUT2D eigenvalue weighted by molar-refractivity contribution is 0.386.